The number of hydrogen-bond donors (Lipinski definition) is 3. The molecule has 4 rings (SSSR count). The van der Waals surface area contributed by atoms with Crippen LogP contribution in [0.4, 0.5) is 0 Å². The Morgan fingerprint density at radius 3 is 2.74 bits per heavy atom. The second-order valence-electron chi connectivity index (χ2n) is 6.61. The minimum absolute atomic E-state index is 0.0167. The number of carbonyl (C=O) groups is 2. The van der Waals surface area contributed by atoms with Gasteiger partial charge in [-0.1, -0.05) is 0 Å². The van der Waals surface area contributed by atoms with E-state index in [0.717, 1.165) is 25.7 Å². The first-order valence-electron chi connectivity index (χ1n) is 8.87. The molecule has 10 nitrogen and oxygen atoms in total. The van der Waals surface area contributed by atoms with Crippen molar-refractivity contribution in [1.29, 1.82) is 0 Å². The molecule has 0 aromatic carbocycles. The molecule has 3 heterocycles. The number of amides is 2. The van der Waals surface area contributed by atoms with Gasteiger partial charge in [0.25, 0.3) is 5.91 Å². The minimum Gasteiger partial charge on any atom is -0.359 e. The van der Waals surface area contributed by atoms with Gasteiger partial charge in [-0.2, -0.15) is 5.10 Å². The quantitative estimate of drug-likeness (QED) is 0.617. The van der Waals surface area contributed by atoms with E-state index in [1.165, 1.54) is 0 Å². The molecule has 1 aliphatic rings. The number of nitrogens with zero attached hydrogens (tertiary/aromatic N) is 5. The fourth-order valence-corrected chi connectivity index (χ4v) is 3.44. The molecule has 3 N–H and O–H groups in total. The normalized spacial score (nSPS) is 19.7. The molecule has 1 aliphatic carbocycles. The summed E-state index contributed by atoms with van der Waals surface area (Å²) in [6, 6.07) is 0.0167. The van der Waals surface area contributed by atoms with E-state index in [-0.39, 0.29) is 29.5 Å². The van der Waals surface area contributed by atoms with E-state index in [2.05, 4.69) is 35.8 Å². The third kappa shape index (κ3) is 3.37. The Balaban J connectivity index is 1.53. The predicted molar refractivity (Wildman–Crippen MR) is 96.1 cm³/mol. The molecule has 3 aromatic rings. The lowest BCUT2D eigenvalue weighted by Gasteiger charge is -2.28. The third-order valence-electron chi connectivity index (χ3n) is 4.92. The number of hydrogen-bond acceptors (Lipinski definition) is 6. The van der Waals surface area contributed by atoms with Crippen molar-refractivity contribution in [1.82, 2.24) is 40.3 Å². The lowest BCUT2D eigenvalue weighted by molar-refractivity contribution is -0.125. The van der Waals surface area contributed by atoms with Crippen molar-refractivity contribution in [2.45, 2.75) is 31.7 Å². The Kier molecular flexibility index (Phi) is 4.53. The van der Waals surface area contributed by atoms with Gasteiger partial charge in [0.05, 0.1) is 6.20 Å². The number of nitrogens with one attached hydrogen (secondary N) is 3. The molecular weight excluding hydrogens is 348 g/mol. The molecule has 3 aromatic heterocycles. The van der Waals surface area contributed by atoms with Crippen molar-refractivity contribution < 1.29 is 9.59 Å². The van der Waals surface area contributed by atoms with Gasteiger partial charge in [0.2, 0.25) is 11.9 Å². The standard InChI is InChI=1S/C17H20N8O2/c1-18-15(26)10-2-4-11(5-3-10)21-16(27)14-13-12(8-20-24-13)22-17(23-14)25-7-6-19-9-25/h6-11H,2-5H2,1H3,(H,18,26)(H,20,24)(H,21,27)/t10-,11-. The molecule has 10 heteroatoms. The number of aromatic amines is 1. The van der Waals surface area contributed by atoms with E-state index in [0.29, 0.717) is 17.0 Å². The highest BCUT2D eigenvalue weighted by molar-refractivity contribution is 6.03. The molecule has 27 heavy (non-hydrogen) atoms. The highest BCUT2D eigenvalue weighted by Gasteiger charge is 2.27. The average Bonchev–Trinajstić information content (AvgIpc) is 3.38. The summed E-state index contributed by atoms with van der Waals surface area (Å²) in [4.78, 5) is 37.4. The summed E-state index contributed by atoms with van der Waals surface area (Å²) in [7, 11) is 1.65. The Labute approximate surface area is 154 Å². The van der Waals surface area contributed by atoms with Crippen molar-refractivity contribution in [3.05, 3.63) is 30.6 Å². The van der Waals surface area contributed by atoms with Crippen LogP contribution in [0.1, 0.15) is 36.2 Å². The maximum atomic E-state index is 12.9. The summed E-state index contributed by atoms with van der Waals surface area (Å²) in [5, 5.41) is 12.5. The number of H-pyrrole nitrogens is 1. The van der Waals surface area contributed by atoms with Crippen molar-refractivity contribution in [2.75, 3.05) is 7.05 Å². The van der Waals surface area contributed by atoms with E-state index < -0.39 is 0 Å². The van der Waals surface area contributed by atoms with Crippen LogP contribution in [-0.2, 0) is 4.79 Å². The van der Waals surface area contributed by atoms with Crippen LogP contribution in [0.25, 0.3) is 17.0 Å². The molecule has 1 fully saturated rings. The summed E-state index contributed by atoms with van der Waals surface area (Å²) in [5.74, 6) is 0.167. The zero-order valence-corrected chi connectivity index (χ0v) is 14.8. The number of rotatable bonds is 4. The van der Waals surface area contributed by atoms with Gasteiger partial charge >= 0.3 is 0 Å². The van der Waals surface area contributed by atoms with Gasteiger partial charge < -0.3 is 10.6 Å². The van der Waals surface area contributed by atoms with E-state index in [1.807, 2.05) is 0 Å². The van der Waals surface area contributed by atoms with Crippen molar-refractivity contribution in [2.24, 2.45) is 5.92 Å². The van der Waals surface area contributed by atoms with Crippen LogP contribution in [-0.4, -0.2) is 54.6 Å². The van der Waals surface area contributed by atoms with Crippen molar-refractivity contribution in [3.8, 4) is 5.95 Å². The van der Waals surface area contributed by atoms with E-state index in [1.54, 1.807) is 36.5 Å². The lowest BCUT2D eigenvalue weighted by Crippen LogP contribution is -2.40. The smallest absolute Gasteiger partial charge is 0.272 e. The van der Waals surface area contributed by atoms with E-state index in [9.17, 15) is 9.59 Å². The summed E-state index contributed by atoms with van der Waals surface area (Å²) < 4.78 is 1.64. The molecule has 2 amide bonds. The van der Waals surface area contributed by atoms with Gasteiger partial charge in [0, 0.05) is 31.4 Å². The number of imidazole rings is 1. The molecule has 0 bridgehead atoms. The van der Waals surface area contributed by atoms with Gasteiger partial charge in [0.1, 0.15) is 17.4 Å². The van der Waals surface area contributed by atoms with Crippen LogP contribution in [0, 0.1) is 5.92 Å². The van der Waals surface area contributed by atoms with Gasteiger partial charge in [-0.25, -0.2) is 15.0 Å². The Hall–Kier alpha value is -3.30. The van der Waals surface area contributed by atoms with Crippen LogP contribution >= 0.6 is 0 Å². The van der Waals surface area contributed by atoms with Gasteiger partial charge in [-0.05, 0) is 25.7 Å². The second-order valence-corrected chi connectivity index (χ2v) is 6.61. The second kappa shape index (κ2) is 7.14. The van der Waals surface area contributed by atoms with Crippen LogP contribution in [0.5, 0.6) is 0 Å². The molecule has 0 unspecified atom stereocenters. The number of fused-ring (bicyclic) bond motifs is 1. The Bertz CT molecular complexity index is 957. The molecule has 0 saturated heterocycles. The predicted octanol–water partition coefficient (Wildman–Crippen LogP) is 0.573. The first kappa shape index (κ1) is 17.1. The number of carbonyl (C=O) groups excluding carboxylic acids is 2. The van der Waals surface area contributed by atoms with Gasteiger partial charge in [-0.15, -0.1) is 0 Å². The summed E-state index contributed by atoms with van der Waals surface area (Å²) in [6.45, 7) is 0. The minimum atomic E-state index is -0.281. The van der Waals surface area contributed by atoms with Crippen LogP contribution < -0.4 is 10.6 Å². The first-order chi connectivity index (χ1) is 13.2. The highest BCUT2D eigenvalue weighted by atomic mass is 16.2. The van der Waals surface area contributed by atoms with Crippen molar-refractivity contribution >= 4 is 22.8 Å². The zero-order chi connectivity index (χ0) is 18.8. The van der Waals surface area contributed by atoms with Gasteiger partial charge in [0.15, 0.2) is 5.69 Å². The first-order valence-corrected chi connectivity index (χ1v) is 8.87. The van der Waals surface area contributed by atoms with Crippen LogP contribution in [0.3, 0.4) is 0 Å². The fraction of sp³-hybridized carbons (Fsp3) is 0.412. The summed E-state index contributed by atoms with van der Waals surface area (Å²) in [5.41, 5.74) is 1.30. The summed E-state index contributed by atoms with van der Waals surface area (Å²) in [6.07, 6.45) is 9.50. The topological polar surface area (TPSA) is 130 Å². The largest absolute Gasteiger partial charge is 0.359 e. The molecule has 0 spiro atoms. The maximum Gasteiger partial charge on any atom is 0.272 e. The number of aromatic nitrogens is 6. The van der Waals surface area contributed by atoms with Crippen LogP contribution in [0.15, 0.2) is 24.9 Å². The fourth-order valence-electron chi connectivity index (χ4n) is 3.44. The Morgan fingerprint density at radius 2 is 2.04 bits per heavy atom. The van der Waals surface area contributed by atoms with Crippen molar-refractivity contribution in [3.63, 3.8) is 0 Å². The third-order valence-corrected chi connectivity index (χ3v) is 4.92. The zero-order valence-electron chi connectivity index (χ0n) is 14.8. The molecule has 0 aliphatic heterocycles. The monoisotopic (exact) mass is 368 g/mol. The Morgan fingerprint density at radius 1 is 1.22 bits per heavy atom. The van der Waals surface area contributed by atoms with E-state index in [4.69, 9.17) is 0 Å². The highest BCUT2D eigenvalue weighted by Crippen LogP contribution is 2.25. The molecule has 140 valence electrons. The average molecular weight is 368 g/mol. The SMILES string of the molecule is CNC(=O)[C@H]1CC[C@H](NC(=O)c2nc(-n3ccnc3)nc3cn[nH]c23)CC1. The summed E-state index contributed by atoms with van der Waals surface area (Å²) >= 11 is 0. The lowest BCUT2D eigenvalue weighted by atomic mass is 9.85. The van der Waals surface area contributed by atoms with E-state index >= 15 is 0 Å². The molecule has 0 radical (unpaired) electrons. The maximum absolute atomic E-state index is 12.9. The van der Waals surface area contributed by atoms with Gasteiger partial charge in [-0.3, -0.25) is 19.3 Å². The molecule has 1 saturated carbocycles. The molecular formula is C17H20N8O2. The van der Waals surface area contributed by atoms with Crippen LogP contribution in [0.2, 0.25) is 0 Å². The molecule has 0 atom stereocenters.